The Morgan fingerprint density at radius 2 is 2.53 bits per heavy atom. The Hall–Kier alpha value is -0.620. The lowest BCUT2D eigenvalue weighted by Crippen LogP contribution is -2.41. The third-order valence-corrected chi connectivity index (χ3v) is 5.33. The first-order chi connectivity index (χ1) is 9.14. The lowest BCUT2D eigenvalue weighted by molar-refractivity contribution is 0.118. The molecule has 0 aromatic carbocycles. The van der Waals surface area contributed by atoms with E-state index in [0.717, 1.165) is 23.5 Å². The van der Waals surface area contributed by atoms with E-state index in [1.807, 2.05) is 16.0 Å². The lowest BCUT2D eigenvalue weighted by Gasteiger charge is -2.30. The van der Waals surface area contributed by atoms with E-state index >= 15 is 0 Å². The van der Waals surface area contributed by atoms with Crippen molar-refractivity contribution >= 4 is 27.9 Å². The summed E-state index contributed by atoms with van der Waals surface area (Å²) in [5, 5.41) is 15.7. The molecular weight excluding hydrogens is 282 g/mol. The molecule has 0 aliphatic heterocycles. The highest BCUT2D eigenvalue weighted by atomic mass is 35.5. The average Bonchev–Trinajstić information content (AvgIpc) is 3.04. The smallest absolute Gasteiger partial charge is 0.195 e. The zero-order valence-corrected chi connectivity index (χ0v) is 12.5. The number of aromatic nitrogens is 2. The number of halogens is 1. The molecule has 3 rings (SSSR count). The number of thiazole rings is 1. The number of aliphatic hydroxyl groups is 1. The van der Waals surface area contributed by atoms with E-state index in [1.54, 1.807) is 11.3 Å². The monoisotopic (exact) mass is 299 g/mol. The average molecular weight is 300 g/mol. The molecule has 0 radical (unpaired) electrons. The molecule has 104 valence electrons. The van der Waals surface area contributed by atoms with Gasteiger partial charge in [0.15, 0.2) is 10.1 Å². The van der Waals surface area contributed by atoms with Crippen molar-refractivity contribution in [3.63, 3.8) is 0 Å². The standard InChI is InChI=1S/C13H18ClN3OS/c1-13(8-18)4-2-3-10(13)15-7-9-11(14)16-12-17(9)5-6-19-12/h5-6,10,15,18H,2-4,7-8H2,1H3. The Balaban J connectivity index is 1.75. The van der Waals surface area contributed by atoms with Crippen LogP contribution in [0.5, 0.6) is 0 Å². The summed E-state index contributed by atoms with van der Waals surface area (Å²) in [7, 11) is 0. The number of rotatable bonds is 4. The Labute approximate surface area is 121 Å². The maximum atomic E-state index is 9.56. The molecule has 2 heterocycles. The van der Waals surface area contributed by atoms with Gasteiger partial charge in [-0.25, -0.2) is 4.98 Å². The van der Waals surface area contributed by atoms with Crippen LogP contribution in [0.2, 0.25) is 5.15 Å². The molecule has 1 aliphatic carbocycles. The Bertz CT molecular complexity index is 581. The highest BCUT2D eigenvalue weighted by Crippen LogP contribution is 2.37. The molecule has 1 saturated carbocycles. The quantitative estimate of drug-likeness (QED) is 0.912. The summed E-state index contributed by atoms with van der Waals surface area (Å²) in [4.78, 5) is 5.26. The first kappa shape index (κ1) is 13.4. The van der Waals surface area contributed by atoms with Crippen LogP contribution in [0.3, 0.4) is 0 Å². The van der Waals surface area contributed by atoms with E-state index in [1.165, 1.54) is 6.42 Å². The van der Waals surface area contributed by atoms with E-state index in [0.29, 0.717) is 17.7 Å². The number of aliphatic hydroxyl groups excluding tert-OH is 1. The first-order valence-corrected chi connectivity index (χ1v) is 7.84. The van der Waals surface area contributed by atoms with Crippen LogP contribution in [-0.2, 0) is 6.54 Å². The van der Waals surface area contributed by atoms with Gasteiger partial charge in [-0.05, 0) is 12.8 Å². The van der Waals surface area contributed by atoms with Gasteiger partial charge in [0.1, 0.15) is 0 Å². The van der Waals surface area contributed by atoms with Gasteiger partial charge >= 0.3 is 0 Å². The molecule has 19 heavy (non-hydrogen) atoms. The molecule has 0 saturated heterocycles. The van der Waals surface area contributed by atoms with Crippen molar-refractivity contribution < 1.29 is 5.11 Å². The largest absolute Gasteiger partial charge is 0.396 e. The van der Waals surface area contributed by atoms with Crippen LogP contribution in [0.4, 0.5) is 0 Å². The van der Waals surface area contributed by atoms with Crippen molar-refractivity contribution in [2.24, 2.45) is 5.41 Å². The third kappa shape index (κ3) is 2.29. The van der Waals surface area contributed by atoms with Gasteiger partial charge in [0.2, 0.25) is 0 Å². The number of hydrogen-bond donors (Lipinski definition) is 2. The van der Waals surface area contributed by atoms with Crippen LogP contribution >= 0.6 is 22.9 Å². The minimum absolute atomic E-state index is 0.00900. The molecule has 2 atom stereocenters. The summed E-state index contributed by atoms with van der Waals surface area (Å²) >= 11 is 7.77. The molecular formula is C13H18ClN3OS. The number of nitrogens with one attached hydrogen (secondary N) is 1. The summed E-state index contributed by atoms with van der Waals surface area (Å²) in [5.74, 6) is 0. The first-order valence-electron chi connectivity index (χ1n) is 6.58. The normalized spacial score (nSPS) is 27.4. The minimum atomic E-state index is -0.00900. The molecule has 1 aliphatic rings. The fourth-order valence-electron chi connectivity index (χ4n) is 2.95. The number of hydrogen-bond acceptors (Lipinski definition) is 4. The Morgan fingerprint density at radius 1 is 1.68 bits per heavy atom. The van der Waals surface area contributed by atoms with Gasteiger partial charge in [0.05, 0.1) is 5.69 Å². The third-order valence-electron chi connectivity index (χ3n) is 4.27. The van der Waals surface area contributed by atoms with Gasteiger partial charge in [0, 0.05) is 36.2 Å². The van der Waals surface area contributed by atoms with Crippen LogP contribution in [0.1, 0.15) is 31.9 Å². The van der Waals surface area contributed by atoms with Crippen molar-refractivity contribution in [1.82, 2.24) is 14.7 Å². The molecule has 4 nitrogen and oxygen atoms in total. The van der Waals surface area contributed by atoms with E-state index in [4.69, 9.17) is 11.6 Å². The van der Waals surface area contributed by atoms with E-state index in [-0.39, 0.29) is 12.0 Å². The second kappa shape index (κ2) is 5.05. The van der Waals surface area contributed by atoms with Crippen LogP contribution in [0.25, 0.3) is 4.96 Å². The van der Waals surface area contributed by atoms with Crippen molar-refractivity contribution in [2.75, 3.05) is 6.61 Å². The van der Waals surface area contributed by atoms with E-state index in [9.17, 15) is 5.11 Å². The van der Waals surface area contributed by atoms with Crippen molar-refractivity contribution in [2.45, 2.75) is 38.8 Å². The van der Waals surface area contributed by atoms with Crippen molar-refractivity contribution in [1.29, 1.82) is 0 Å². The fourth-order valence-corrected chi connectivity index (χ4v) is 3.98. The number of fused-ring (bicyclic) bond motifs is 1. The van der Waals surface area contributed by atoms with Gasteiger partial charge in [-0.1, -0.05) is 24.9 Å². The van der Waals surface area contributed by atoms with E-state index in [2.05, 4.69) is 17.2 Å². The zero-order valence-electron chi connectivity index (χ0n) is 10.9. The molecule has 6 heteroatoms. The molecule has 2 aromatic rings. The summed E-state index contributed by atoms with van der Waals surface area (Å²) in [5.41, 5.74) is 0.996. The Morgan fingerprint density at radius 3 is 3.32 bits per heavy atom. The van der Waals surface area contributed by atoms with Crippen LogP contribution in [0.15, 0.2) is 11.6 Å². The van der Waals surface area contributed by atoms with Crippen molar-refractivity contribution in [3.8, 4) is 0 Å². The minimum Gasteiger partial charge on any atom is -0.396 e. The van der Waals surface area contributed by atoms with Gasteiger partial charge in [-0.15, -0.1) is 11.3 Å². The second-order valence-corrected chi connectivity index (χ2v) is 6.77. The van der Waals surface area contributed by atoms with Gasteiger partial charge < -0.3 is 10.4 Å². The predicted molar refractivity (Wildman–Crippen MR) is 77.8 cm³/mol. The highest BCUT2D eigenvalue weighted by molar-refractivity contribution is 7.15. The molecule has 2 unspecified atom stereocenters. The number of imidazole rings is 1. The summed E-state index contributed by atoms with van der Waals surface area (Å²) in [6.07, 6.45) is 5.36. The maximum Gasteiger partial charge on any atom is 0.195 e. The predicted octanol–water partition coefficient (Wildman–Crippen LogP) is 2.69. The highest BCUT2D eigenvalue weighted by Gasteiger charge is 2.37. The van der Waals surface area contributed by atoms with Gasteiger partial charge in [0.25, 0.3) is 0 Å². The second-order valence-electron chi connectivity index (χ2n) is 5.54. The van der Waals surface area contributed by atoms with Crippen LogP contribution < -0.4 is 5.32 Å². The molecule has 0 amide bonds. The van der Waals surface area contributed by atoms with Gasteiger partial charge in [-0.2, -0.15) is 0 Å². The molecule has 0 spiro atoms. The van der Waals surface area contributed by atoms with Crippen molar-refractivity contribution in [3.05, 3.63) is 22.4 Å². The van der Waals surface area contributed by atoms with Crippen LogP contribution in [-0.4, -0.2) is 27.1 Å². The zero-order chi connectivity index (χ0) is 13.5. The molecule has 1 fully saturated rings. The molecule has 2 N–H and O–H groups in total. The van der Waals surface area contributed by atoms with Gasteiger partial charge in [-0.3, -0.25) is 4.40 Å². The number of nitrogens with zero attached hydrogens (tertiary/aromatic N) is 2. The van der Waals surface area contributed by atoms with E-state index < -0.39 is 0 Å². The molecule has 0 bridgehead atoms. The topological polar surface area (TPSA) is 49.6 Å². The maximum absolute atomic E-state index is 9.56. The summed E-state index contributed by atoms with van der Waals surface area (Å²) in [6, 6.07) is 0.345. The Kier molecular flexibility index (Phi) is 3.55. The summed E-state index contributed by atoms with van der Waals surface area (Å²) < 4.78 is 2.03. The van der Waals surface area contributed by atoms with Crippen LogP contribution in [0, 0.1) is 5.41 Å². The lowest BCUT2D eigenvalue weighted by atomic mass is 9.86. The molecule has 2 aromatic heterocycles. The summed E-state index contributed by atoms with van der Waals surface area (Å²) in [6.45, 7) is 3.07. The fraction of sp³-hybridized carbons (Fsp3) is 0.615. The SMILES string of the molecule is CC1(CO)CCCC1NCc1c(Cl)nc2sccn12.